The molecule has 1 N–H and O–H groups in total. The van der Waals surface area contributed by atoms with Crippen molar-refractivity contribution in [3.05, 3.63) is 12.2 Å². The molecule has 1 heterocycles. The third kappa shape index (κ3) is 1.09. The summed E-state index contributed by atoms with van der Waals surface area (Å²) in [6.45, 7) is 0.227. The lowest BCUT2D eigenvalue weighted by Gasteiger charge is -2.20. The number of carbonyl (C=O) groups excluding carboxylic acids is 2. The Bertz CT molecular complexity index is 252. The van der Waals surface area contributed by atoms with E-state index >= 15 is 0 Å². The first-order valence-corrected chi connectivity index (χ1v) is 4.03. The second-order valence-electron chi connectivity index (χ2n) is 3.08. The molecule has 0 aromatic carbocycles. The van der Waals surface area contributed by atoms with Gasteiger partial charge in [0.2, 0.25) is 5.91 Å². The number of hydrogen-bond acceptors (Lipinski definition) is 2. The minimum Gasteiger partial charge on any atom is -0.312 e. The molecule has 4 nitrogen and oxygen atoms in total. The summed E-state index contributed by atoms with van der Waals surface area (Å²) in [7, 11) is 0. The molecule has 0 aromatic rings. The van der Waals surface area contributed by atoms with Gasteiger partial charge in [0.1, 0.15) is 6.54 Å². The molecule has 1 aliphatic carbocycles. The molecular weight excluding hydrogens is 156 g/mol. The number of nitrogens with one attached hydrogen (secondary N) is 1. The lowest BCUT2D eigenvalue weighted by Crippen LogP contribution is -2.36. The number of imide groups is 1. The standard InChI is InChI=1S/C8H10N2O2/c11-7-5-10(8(12)9-7)6-3-1-2-4-6/h1-2,6H,3-5H2,(H,9,11,12). The Balaban J connectivity index is 2.04. The Morgan fingerprint density at radius 1 is 1.33 bits per heavy atom. The third-order valence-electron chi connectivity index (χ3n) is 2.24. The molecule has 0 bridgehead atoms. The lowest BCUT2D eigenvalue weighted by atomic mass is 10.2. The van der Waals surface area contributed by atoms with Crippen molar-refractivity contribution in [2.24, 2.45) is 0 Å². The maximum Gasteiger partial charge on any atom is 0.324 e. The van der Waals surface area contributed by atoms with Gasteiger partial charge in [-0.3, -0.25) is 10.1 Å². The van der Waals surface area contributed by atoms with Gasteiger partial charge < -0.3 is 4.90 Å². The highest BCUT2D eigenvalue weighted by Gasteiger charge is 2.32. The van der Waals surface area contributed by atoms with Gasteiger partial charge in [-0.05, 0) is 12.8 Å². The van der Waals surface area contributed by atoms with E-state index in [1.165, 1.54) is 0 Å². The van der Waals surface area contributed by atoms with Crippen LogP contribution in [0.25, 0.3) is 0 Å². The van der Waals surface area contributed by atoms with E-state index in [9.17, 15) is 9.59 Å². The molecule has 64 valence electrons. The normalized spacial score (nSPS) is 23.8. The first-order valence-electron chi connectivity index (χ1n) is 4.03. The smallest absolute Gasteiger partial charge is 0.312 e. The predicted octanol–water partition coefficient (Wildman–Crippen LogP) is 0.257. The van der Waals surface area contributed by atoms with Gasteiger partial charge in [-0.2, -0.15) is 0 Å². The SMILES string of the molecule is O=C1CN(C2CC=CC2)C(=O)N1. The zero-order chi connectivity index (χ0) is 8.55. The molecule has 0 radical (unpaired) electrons. The van der Waals surface area contributed by atoms with Gasteiger partial charge in [0, 0.05) is 6.04 Å². The molecule has 0 aromatic heterocycles. The van der Waals surface area contributed by atoms with Crippen LogP contribution in [-0.2, 0) is 4.79 Å². The van der Waals surface area contributed by atoms with E-state index < -0.39 is 0 Å². The molecule has 0 saturated carbocycles. The van der Waals surface area contributed by atoms with Crippen molar-refractivity contribution in [2.75, 3.05) is 6.54 Å². The fraction of sp³-hybridized carbons (Fsp3) is 0.500. The summed E-state index contributed by atoms with van der Waals surface area (Å²) in [6.07, 6.45) is 5.84. The van der Waals surface area contributed by atoms with E-state index in [2.05, 4.69) is 5.32 Å². The van der Waals surface area contributed by atoms with Crippen LogP contribution in [0.3, 0.4) is 0 Å². The van der Waals surface area contributed by atoms with Crippen molar-refractivity contribution in [1.82, 2.24) is 10.2 Å². The molecule has 2 aliphatic rings. The summed E-state index contributed by atoms with van der Waals surface area (Å²) in [5.41, 5.74) is 0. The van der Waals surface area contributed by atoms with Crippen molar-refractivity contribution >= 4 is 11.9 Å². The van der Waals surface area contributed by atoms with Gasteiger partial charge in [-0.25, -0.2) is 4.79 Å². The number of hydrogen-bond donors (Lipinski definition) is 1. The lowest BCUT2D eigenvalue weighted by molar-refractivity contribution is -0.118. The van der Waals surface area contributed by atoms with E-state index in [0.717, 1.165) is 12.8 Å². The predicted molar refractivity (Wildman–Crippen MR) is 42.4 cm³/mol. The minimum atomic E-state index is -0.242. The Kier molecular flexibility index (Phi) is 1.60. The molecule has 1 saturated heterocycles. The highest BCUT2D eigenvalue weighted by molar-refractivity contribution is 6.02. The van der Waals surface area contributed by atoms with Crippen molar-refractivity contribution < 1.29 is 9.59 Å². The van der Waals surface area contributed by atoms with Crippen LogP contribution in [0, 0.1) is 0 Å². The fourth-order valence-corrected chi connectivity index (χ4v) is 1.61. The van der Waals surface area contributed by atoms with Crippen LogP contribution in [0.2, 0.25) is 0 Å². The monoisotopic (exact) mass is 166 g/mol. The number of rotatable bonds is 1. The van der Waals surface area contributed by atoms with E-state index in [1.54, 1.807) is 4.90 Å². The highest BCUT2D eigenvalue weighted by atomic mass is 16.2. The molecule has 3 amide bonds. The van der Waals surface area contributed by atoms with Crippen molar-refractivity contribution in [3.8, 4) is 0 Å². The molecule has 0 spiro atoms. The average molecular weight is 166 g/mol. The van der Waals surface area contributed by atoms with Crippen molar-refractivity contribution in [3.63, 3.8) is 0 Å². The van der Waals surface area contributed by atoms with Crippen LogP contribution in [-0.4, -0.2) is 29.4 Å². The minimum absolute atomic E-state index is 0.188. The van der Waals surface area contributed by atoms with Crippen LogP contribution in [0.15, 0.2) is 12.2 Å². The fourth-order valence-electron chi connectivity index (χ4n) is 1.61. The molecule has 1 fully saturated rings. The number of nitrogens with zero attached hydrogens (tertiary/aromatic N) is 1. The molecular formula is C8H10N2O2. The van der Waals surface area contributed by atoms with Gasteiger partial charge in [0.05, 0.1) is 0 Å². The second kappa shape index (κ2) is 2.62. The zero-order valence-corrected chi connectivity index (χ0v) is 6.62. The van der Waals surface area contributed by atoms with E-state index in [-0.39, 0.29) is 24.5 Å². The maximum absolute atomic E-state index is 11.1. The Labute approximate surface area is 70.2 Å². The summed E-state index contributed by atoms with van der Waals surface area (Å²) in [6, 6.07) is -0.0369. The van der Waals surface area contributed by atoms with Gasteiger partial charge in [0.15, 0.2) is 0 Å². The third-order valence-corrected chi connectivity index (χ3v) is 2.24. The molecule has 4 heteroatoms. The quantitative estimate of drug-likeness (QED) is 0.448. The zero-order valence-electron chi connectivity index (χ0n) is 6.62. The summed E-state index contributed by atoms with van der Waals surface area (Å²) in [4.78, 5) is 23.6. The Morgan fingerprint density at radius 3 is 2.50 bits per heavy atom. The molecule has 0 atom stereocenters. The van der Waals surface area contributed by atoms with E-state index in [4.69, 9.17) is 0 Å². The van der Waals surface area contributed by atoms with Crippen molar-refractivity contribution in [2.45, 2.75) is 18.9 Å². The first-order chi connectivity index (χ1) is 5.77. The first kappa shape index (κ1) is 7.34. The molecule has 1 aliphatic heterocycles. The van der Waals surface area contributed by atoms with Gasteiger partial charge in [0.25, 0.3) is 0 Å². The summed E-state index contributed by atoms with van der Waals surface area (Å²) in [5.74, 6) is -0.188. The Morgan fingerprint density at radius 2 is 2.00 bits per heavy atom. The summed E-state index contributed by atoms with van der Waals surface area (Å²) >= 11 is 0. The highest BCUT2D eigenvalue weighted by Crippen LogP contribution is 2.18. The van der Waals surface area contributed by atoms with Crippen LogP contribution in [0.1, 0.15) is 12.8 Å². The van der Waals surface area contributed by atoms with Crippen LogP contribution in [0.5, 0.6) is 0 Å². The van der Waals surface area contributed by atoms with Crippen molar-refractivity contribution in [1.29, 1.82) is 0 Å². The summed E-state index contributed by atoms with van der Waals surface area (Å²) < 4.78 is 0. The number of amides is 3. The number of carbonyl (C=O) groups is 2. The maximum atomic E-state index is 11.1. The largest absolute Gasteiger partial charge is 0.324 e. The molecule has 0 unspecified atom stereocenters. The molecule has 12 heavy (non-hydrogen) atoms. The number of urea groups is 1. The second-order valence-corrected chi connectivity index (χ2v) is 3.08. The average Bonchev–Trinajstić information content (AvgIpc) is 2.58. The van der Waals surface area contributed by atoms with E-state index in [1.807, 2.05) is 12.2 Å². The van der Waals surface area contributed by atoms with Gasteiger partial charge in [-0.1, -0.05) is 12.2 Å². The van der Waals surface area contributed by atoms with E-state index in [0.29, 0.717) is 0 Å². The van der Waals surface area contributed by atoms with Crippen LogP contribution >= 0.6 is 0 Å². The summed E-state index contributed by atoms with van der Waals surface area (Å²) in [5, 5.41) is 2.26. The van der Waals surface area contributed by atoms with Crippen LogP contribution in [0.4, 0.5) is 4.79 Å². The van der Waals surface area contributed by atoms with Crippen LogP contribution < -0.4 is 5.32 Å². The molecule has 2 rings (SSSR count). The van der Waals surface area contributed by atoms with Gasteiger partial charge in [-0.15, -0.1) is 0 Å². The topological polar surface area (TPSA) is 49.4 Å². The van der Waals surface area contributed by atoms with Gasteiger partial charge >= 0.3 is 6.03 Å². The Hall–Kier alpha value is -1.32.